The molecule has 2 aromatic heterocycles. The zero-order chi connectivity index (χ0) is 12.9. The Bertz CT molecular complexity index is 739. The van der Waals surface area contributed by atoms with E-state index in [1.54, 1.807) is 6.07 Å². The SMILES string of the molecule is Cc1nn(C)c(C)c1-c1nc2ccc(F)cc2[nH]1. The molecule has 18 heavy (non-hydrogen) atoms. The van der Waals surface area contributed by atoms with Crippen LogP contribution in [0.5, 0.6) is 0 Å². The summed E-state index contributed by atoms with van der Waals surface area (Å²) in [7, 11) is 1.90. The number of aromatic nitrogens is 4. The second-order valence-electron chi connectivity index (χ2n) is 4.42. The summed E-state index contributed by atoms with van der Waals surface area (Å²) in [5.41, 5.74) is 4.39. The van der Waals surface area contributed by atoms with Gasteiger partial charge >= 0.3 is 0 Å². The topological polar surface area (TPSA) is 46.5 Å². The number of hydrogen-bond acceptors (Lipinski definition) is 2. The van der Waals surface area contributed by atoms with Gasteiger partial charge in [-0.3, -0.25) is 4.68 Å². The smallest absolute Gasteiger partial charge is 0.142 e. The van der Waals surface area contributed by atoms with E-state index >= 15 is 0 Å². The van der Waals surface area contributed by atoms with Crippen molar-refractivity contribution in [3.63, 3.8) is 0 Å². The first-order chi connectivity index (χ1) is 8.56. The van der Waals surface area contributed by atoms with Crippen molar-refractivity contribution in [2.24, 2.45) is 7.05 Å². The summed E-state index contributed by atoms with van der Waals surface area (Å²) in [6, 6.07) is 4.54. The molecule has 0 aliphatic rings. The van der Waals surface area contributed by atoms with Crippen LogP contribution in [0.1, 0.15) is 11.4 Å². The Labute approximate surface area is 103 Å². The van der Waals surface area contributed by atoms with Gasteiger partial charge in [0.05, 0.1) is 22.3 Å². The second kappa shape index (κ2) is 3.66. The fourth-order valence-corrected chi connectivity index (χ4v) is 2.22. The van der Waals surface area contributed by atoms with Gasteiger partial charge in [0.1, 0.15) is 11.6 Å². The van der Waals surface area contributed by atoms with Crippen LogP contribution in [0.25, 0.3) is 22.4 Å². The molecule has 0 saturated heterocycles. The summed E-state index contributed by atoms with van der Waals surface area (Å²) in [4.78, 5) is 7.63. The molecule has 1 aromatic carbocycles. The number of benzene rings is 1. The van der Waals surface area contributed by atoms with Crippen LogP contribution in [-0.2, 0) is 7.05 Å². The summed E-state index contributed by atoms with van der Waals surface area (Å²) in [6.45, 7) is 3.93. The van der Waals surface area contributed by atoms with Crippen LogP contribution in [0.15, 0.2) is 18.2 Å². The molecule has 0 saturated carbocycles. The number of aryl methyl sites for hydroxylation is 2. The van der Waals surface area contributed by atoms with Gasteiger partial charge in [0.2, 0.25) is 0 Å². The zero-order valence-electron chi connectivity index (χ0n) is 10.5. The first kappa shape index (κ1) is 11.0. The lowest BCUT2D eigenvalue weighted by atomic mass is 10.2. The van der Waals surface area contributed by atoms with Crippen LogP contribution < -0.4 is 0 Å². The average molecular weight is 244 g/mol. The van der Waals surface area contributed by atoms with E-state index in [0.29, 0.717) is 5.52 Å². The Morgan fingerprint density at radius 3 is 2.72 bits per heavy atom. The Morgan fingerprint density at radius 2 is 2.06 bits per heavy atom. The highest BCUT2D eigenvalue weighted by molar-refractivity contribution is 5.80. The van der Waals surface area contributed by atoms with Gasteiger partial charge in [-0.2, -0.15) is 5.10 Å². The monoisotopic (exact) mass is 244 g/mol. The van der Waals surface area contributed by atoms with Crippen LogP contribution >= 0.6 is 0 Å². The summed E-state index contributed by atoms with van der Waals surface area (Å²) < 4.78 is 15.0. The Balaban J connectivity index is 2.25. The van der Waals surface area contributed by atoms with Crippen molar-refractivity contribution in [1.82, 2.24) is 19.7 Å². The third kappa shape index (κ3) is 1.51. The van der Waals surface area contributed by atoms with Crippen molar-refractivity contribution in [1.29, 1.82) is 0 Å². The van der Waals surface area contributed by atoms with Crippen LogP contribution in [0, 0.1) is 19.7 Å². The van der Waals surface area contributed by atoms with Crippen LogP contribution in [0.4, 0.5) is 4.39 Å². The molecule has 1 N–H and O–H groups in total. The van der Waals surface area contributed by atoms with Crippen molar-refractivity contribution < 1.29 is 4.39 Å². The largest absolute Gasteiger partial charge is 0.338 e. The second-order valence-corrected chi connectivity index (χ2v) is 4.42. The number of nitrogens with one attached hydrogen (secondary N) is 1. The van der Waals surface area contributed by atoms with Gasteiger partial charge in [0.25, 0.3) is 0 Å². The number of hydrogen-bond donors (Lipinski definition) is 1. The van der Waals surface area contributed by atoms with Gasteiger partial charge in [-0.05, 0) is 32.0 Å². The minimum Gasteiger partial charge on any atom is -0.338 e. The molecule has 3 aromatic rings. The highest BCUT2D eigenvalue weighted by Crippen LogP contribution is 2.26. The lowest BCUT2D eigenvalue weighted by Crippen LogP contribution is -1.92. The number of halogens is 1. The van der Waals surface area contributed by atoms with E-state index in [4.69, 9.17) is 0 Å². The van der Waals surface area contributed by atoms with Crippen molar-refractivity contribution in [3.05, 3.63) is 35.4 Å². The van der Waals surface area contributed by atoms with Gasteiger partial charge < -0.3 is 4.98 Å². The van der Waals surface area contributed by atoms with E-state index in [9.17, 15) is 4.39 Å². The molecular weight excluding hydrogens is 231 g/mol. The molecule has 0 amide bonds. The first-order valence-electron chi connectivity index (χ1n) is 5.72. The molecule has 5 heteroatoms. The fourth-order valence-electron chi connectivity index (χ4n) is 2.22. The predicted molar refractivity (Wildman–Crippen MR) is 67.7 cm³/mol. The Morgan fingerprint density at radius 1 is 1.28 bits per heavy atom. The van der Waals surface area contributed by atoms with Crippen molar-refractivity contribution in [2.75, 3.05) is 0 Å². The molecule has 92 valence electrons. The van der Waals surface area contributed by atoms with E-state index in [2.05, 4.69) is 15.1 Å². The van der Waals surface area contributed by atoms with Gasteiger partial charge in [0.15, 0.2) is 0 Å². The highest BCUT2D eigenvalue weighted by atomic mass is 19.1. The molecule has 0 spiro atoms. The number of nitrogens with zero attached hydrogens (tertiary/aromatic N) is 3. The third-order valence-corrected chi connectivity index (χ3v) is 3.19. The van der Waals surface area contributed by atoms with E-state index < -0.39 is 0 Å². The van der Waals surface area contributed by atoms with Crippen LogP contribution in [0.3, 0.4) is 0 Å². The molecule has 0 radical (unpaired) electrons. The van der Waals surface area contributed by atoms with E-state index in [0.717, 1.165) is 28.3 Å². The minimum absolute atomic E-state index is 0.266. The molecule has 0 aliphatic carbocycles. The molecular formula is C13H13FN4. The fraction of sp³-hybridized carbons (Fsp3) is 0.231. The van der Waals surface area contributed by atoms with Crippen LogP contribution in [-0.4, -0.2) is 19.7 Å². The lowest BCUT2D eigenvalue weighted by molar-refractivity contribution is 0.629. The summed E-state index contributed by atoms with van der Waals surface area (Å²) >= 11 is 0. The van der Waals surface area contributed by atoms with Crippen molar-refractivity contribution in [3.8, 4) is 11.4 Å². The molecule has 0 atom stereocenters. The first-order valence-corrected chi connectivity index (χ1v) is 5.72. The van der Waals surface area contributed by atoms with Gasteiger partial charge in [-0.1, -0.05) is 0 Å². The van der Waals surface area contributed by atoms with E-state index in [1.807, 2.05) is 25.6 Å². The number of rotatable bonds is 1. The minimum atomic E-state index is -0.266. The third-order valence-electron chi connectivity index (χ3n) is 3.19. The molecule has 0 bridgehead atoms. The average Bonchev–Trinajstić information content (AvgIpc) is 2.80. The molecule has 0 aliphatic heterocycles. The Hall–Kier alpha value is -2.17. The highest BCUT2D eigenvalue weighted by Gasteiger charge is 2.15. The van der Waals surface area contributed by atoms with Gasteiger partial charge in [0, 0.05) is 12.7 Å². The summed E-state index contributed by atoms with van der Waals surface area (Å²) in [6.07, 6.45) is 0. The van der Waals surface area contributed by atoms with Crippen molar-refractivity contribution >= 4 is 11.0 Å². The number of aromatic amines is 1. The quantitative estimate of drug-likeness (QED) is 0.715. The molecule has 0 fully saturated rings. The number of fused-ring (bicyclic) bond motifs is 1. The van der Waals surface area contributed by atoms with E-state index in [1.165, 1.54) is 12.1 Å². The van der Waals surface area contributed by atoms with Crippen molar-refractivity contribution in [2.45, 2.75) is 13.8 Å². The van der Waals surface area contributed by atoms with Gasteiger partial charge in [-0.25, -0.2) is 9.37 Å². The standard InChI is InChI=1S/C13H13FN4/c1-7-12(8(2)18(3)17-7)13-15-10-5-4-9(14)6-11(10)16-13/h4-6H,1-3H3,(H,15,16). The Kier molecular flexibility index (Phi) is 2.23. The predicted octanol–water partition coefficient (Wildman–Crippen LogP) is 2.72. The zero-order valence-corrected chi connectivity index (χ0v) is 10.5. The molecule has 0 unspecified atom stereocenters. The summed E-state index contributed by atoms with van der Waals surface area (Å²) in [5.74, 6) is 0.469. The van der Waals surface area contributed by atoms with E-state index in [-0.39, 0.29) is 5.82 Å². The molecule has 4 nitrogen and oxygen atoms in total. The summed E-state index contributed by atoms with van der Waals surface area (Å²) in [5, 5.41) is 4.36. The maximum absolute atomic E-state index is 13.1. The number of imidazole rings is 1. The molecule has 2 heterocycles. The maximum atomic E-state index is 13.1. The van der Waals surface area contributed by atoms with Crippen LogP contribution in [0.2, 0.25) is 0 Å². The van der Waals surface area contributed by atoms with Gasteiger partial charge in [-0.15, -0.1) is 0 Å². The normalized spacial score (nSPS) is 11.3. The lowest BCUT2D eigenvalue weighted by Gasteiger charge is -1.96. The number of H-pyrrole nitrogens is 1. The maximum Gasteiger partial charge on any atom is 0.142 e. The molecule has 3 rings (SSSR count).